The minimum atomic E-state index is -0.280. The summed E-state index contributed by atoms with van der Waals surface area (Å²) in [5, 5.41) is 15.0. The predicted octanol–water partition coefficient (Wildman–Crippen LogP) is 4.49. The van der Waals surface area contributed by atoms with E-state index in [9.17, 15) is 9.59 Å². The highest BCUT2D eigenvalue weighted by Crippen LogP contribution is 2.23. The Hall–Kier alpha value is -3.62. The van der Waals surface area contributed by atoms with E-state index in [1.165, 1.54) is 0 Å². The van der Waals surface area contributed by atoms with Crippen molar-refractivity contribution >= 4 is 34.7 Å². The van der Waals surface area contributed by atoms with Crippen LogP contribution in [0.4, 0.5) is 11.4 Å². The summed E-state index contributed by atoms with van der Waals surface area (Å²) in [5.74, 6) is -0.462. The Labute approximate surface area is 167 Å². The fourth-order valence-electron chi connectivity index (χ4n) is 2.61. The van der Waals surface area contributed by atoms with Crippen molar-refractivity contribution in [2.24, 2.45) is 0 Å². The summed E-state index contributed by atoms with van der Waals surface area (Å²) in [6.45, 7) is -0.0310. The first-order valence-corrected chi connectivity index (χ1v) is 8.88. The largest absolute Gasteiger partial charge is 0.376 e. The van der Waals surface area contributed by atoms with Crippen LogP contribution in [0.1, 0.15) is 21.5 Å². The van der Waals surface area contributed by atoms with Gasteiger partial charge in [-0.25, -0.2) is 0 Å². The first-order valence-electron chi connectivity index (χ1n) is 8.50. The molecule has 138 valence electrons. The Morgan fingerprint density at radius 3 is 2.36 bits per heavy atom. The number of benzene rings is 3. The van der Waals surface area contributed by atoms with E-state index in [4.69, 9.17) is 16.9 Å². The maximum absolute atomic E-state index is 12.8. The molecule has 5 nitrogen and oxygen atoms in total. The van der Waals surface area contributed by atoms with Crippen LogP contribution in [0.2, 0.25) is 5.02 Å². The SMILES string of the molecule is N#Cc1ccc(NC(=O)CNc2ccc(Cl)cc2C(=O)c2ccccc2)cc1. The number of nitrogens with zero attached hydrogens (tertiary/aromatic N) is 1. The molecule has 0 aliphatic heterocycles. The molecule has 0 atom stereocenters. The van der Waals surface area contributed by atoms with E-state index in [0.29, 0.717) is 33.1 Å². The number of halogens is 1. The topological polar surface area (TPSA) is 82.0 Å². The molecule has 1 amide bonds. The molecule has 3 aromatic rings. The summed E-state index contributed by atoms with van der Waals surface area (Å²) in [4.78, 5) is 25.0. The lowest BCUT2D eigenvalue weighted by molar-refractivity contribution is -0.114. The molecule has 0 bridgehead atoms. The van der Waals surface area contributed by atoms with Gasteiger partial charge in [-0.1, -0.05) is 41.9 Å². The second-order valence-electron chi connectivity index (χ2n) is 5.98. The van der Waals surface area contributed by atoms with Crippen molar-refractivity contribution in [1.29, 1.82) is 5.26 Å². The van der Waals surface area contributed by atoms with Crippen molar-refractivity contribution in [1.82, 2.24) is 0 Å². The third-order valence-electron chi connectivity index (χ3n) is 4.00. The summed E-state index contributed by atoms with van der Waals surface area (Å²) in [5.41, 5.74) is 2.55. The van der Waals surface area contributed by atoms with Crippen LogP contribution in [0, 0.1) is 11.3 Å². The molecule has 3 aromatic carbocycles. The van der Waals surface area contributed by atoms with Crippen LogP contribution in [0.5, 0.6) is 0 Å². The number of carbonyl (C=O) groups excluding carboxylic acids is 2. The Balaban J connectivity index is 1.71. The number of rotatable bonds is 6. The van der Waals surface area contributed by atoms with Crippen molar-refractivity contribution in [3.8, 4) is 6.07 Å². The summed E-state index contributed by atoms with van der Waals surface area (Å²) in [6.07, 6.45) is 0. The number of nitrogens with one attached hydrogen (secondary N) is 2. The zero-order valence-corrected chi connectivity index (χ0v) is 15.5. The smallest absolute Gasteiger partial charge is 0.243 e. The minimum Gasteiger partial charge on any atom is -0.376 e. The molecule has 0 saturated carbocycles. The third-order valence-corrected chi connectivity index (χ3v) is 4.23. The van der Waals surface area contributed by atoms with Gasteiger partial charge in [0.25, 0.3) is 0 Å². The Bertz CT molecular complexity index is 1040. The number of ketones is 1. The molecule has 0 aromatic heterocycles. The molecule has 0 radical (unpaired) electrons. The molecule has 0 unspecified atom stereocenters. The summed E-state index contributed by atoms with van der Waals surface area (Å²) in [7, 11) is 0. The van der Waals surface area contributed by atoms with E-state index in [2.05, 4.69) is 10.6 Å². The summed E-state index contributed by atoms with van der Waals surface area (Å²) < 4.78 is 0. The van der Waals surface area contributed by atoms with E-state index in [1.807, 2.05) is 12.1 Å². The predicted molar refractivity (Wildman–Crippen MR) is 110 cm³/mol. The molecule has 2 N–H and O–H groups in total. The van der Waals surface area contributed by atoms with Crippen LogP contribution in [-0.4, -0.2) is 18.2 Å². The Kier molecular flexibility index (Phi) is 6.05. The van der Waals surface area contributed by atoms with Crippen molar-refractivity contribution in [3.05, 3.63) is 94.5 Å². The van der Waals surface area contributed by atoms with Crippen LogP contribution in [0.3, 0.4) is 0 Å². The van der Waals surface area contributed by atoms with Crippen molar-refractivity contribution in [2.75, 3.05) is 17.2 Å². The molecule has 0 spiro atoms. The van der Waals surface area contributed by atoms with E-state index in [0.717, 1.165) is 0 Å². The van der Waals surface area contributed by atoms with Gasteiger partial charge in [-0.05, 0) is 42.5 Å². The first kappa shape index (κ1) is 19.2. The summed E-state index contributed by atoms with van der Waals surface area (Å²) >= 11 is 6.06. The highest BCUT2D eigenvalue weighted by molar-refractivity contribution is 6.31. The quantitative estimate of drug-likeness (QED) is 0.608. The molecule has 6 heteroatoms. The maximum atomic E-state index is 12.8. The van der Waals surface area contributed by atoms with E-state index in [1.54, 1.807) is 66.7 Å². The third kappa shape index (κ3) is 4.76. The van der Waals surface area contributed by atoms with Gasteiger partial charge >= 0.3 is 0 Å². The number of anilines is 2. The summed E-state index contributed by atoms with van der Waals surface area (Å²) in [6, 6.07) is 22.4. The highest BCUT2D eigenvalue weighted by atomic mass is 35.5. The molecule has 0 fully saturated rings. The molecule has 28 heavy (non-hydrogen) atoms. The molecule has 0 aliphatic rings. The van der Waals surface area contributed by atoms with Crippen LogP contribution in [0.15, 0.2) is 72.8 Å². The lowest BCUT2D eigenvalue weighted by Crippen LogP contribution is -2.22. The van der Waals surface area contributed by atoms with Gasteiger partial charge in [-0.3, -0.25) is 9.59 Å². The van der Waals surface area contributed by atoms with Crippen molar-refractivity contribution < 1.29 is 9.59 Å². The fraction of sp³-hybridized carbons (Fsp3) is 0.0455. The average Bonchev–Trinajstić information content (AvgIpc) is 2.73. The average molecular weight is 390 g/mol. The standard InChI is InChI=1S/C22H16ClN3O2/c23-17-8-11-20(19(12-17)22(28)16-4-2-1-3-5-16)25-14-21(27)26-18-9-6-15(13-24)7-10-18/h1-12,25H,14H2,(H,26,27). The zero-order chi connectivity index (χ0) is 19.9. The van der Waals surface area contributed by atoms with Gasteiger partial charge in [0, 0.05) is 27.5 Å². The number of hydrogen-bond donors (Lipinski definition) is 2. The lowest BCUT2D eigenvalue weighted by Gasteiger charge is -2.12. The van der Waals surface area contributed by atoms with Gasteiger partial charge in [0.2, 0.25) is 5.91 Å². The van der Waals surface area contributed by atoms with Crippen LogP contribution in [0.25, 0.3) is 0 Å². The van der Waals surface area contributed by atoms with Gasteiger partial charge in [0.1, 0.15) is 0 Å². The molecule has 0 aliphatic carbocycles. The van der Waals surface area contributed by atoms with Crippen LogP contribution in [-0.2, 0) is 4.79 Å². The number of hydrogen-bond acceptors (Lipinski definition) is 4. The van der Waals surface area contributed by atoms with E-state index < -0.39 is 0 Å². The van der Waals surface area contributed by atoms with Gasteiger partial charge < -0.3 is 10.6 Å². The molecule has 0 saturated heterocycles. The zero-order valence-electron chi connectivity index (χ0n) is 14.8. The maximum Gasteiger partial charge on any atom is 0.243 e. The number of amides is 1. The highest BCUT2D eigenvalue weighted by Gasteiger charge is 2.15. The van der Waals surface area contributed by atoms with Gasteiger partial charge in [0.15, 0.2) is 5.78 Å². The monoisotopic (exact) mass is 389 g/mol. The fourth-order valence-corrected chi connectivity index (χ4v) is 2.78. The Morgan fingerprint density at radius 1 is 0.964 bits per heavy atom. The van der Waals surface area contributed by atoms with Gasteiger partial charge in [-0.2, -0.15) is 5.26 Å². The van der Waals surface area contributed by atoms with E-state index in [-0.39, 0.29) is 18.2 Å². The number of nitriles is 1. The lowest BCUT2D eigenvalue weighted by atomic mass is 10.0. The molecule has 0 heterocycles. The van der Waals surface area contributed by atoms with Gasteiger partial charge in [-0.15, -0.1) is 0 Å². The normalized spacial score (nSPS) is 10.0. The van der Waals surface area contributed by atoms with Crippen LogP contribution >= 0.6 is 11.6 Å². The first-order chi connectivity index (χ1) is 13.6. The number of carbonyl (C=O) groups is 2. The molecule has 3 rings (SSSR count). The van der Waals surface area contributed by atoms with Crippen LogP contribution < -0.4 is 10.6 Å². The van der Waals surface area contributed by atoms with Gasteiger partial charge in [0.05, 0.1) is 18.2 Å². The van der Waals surface area contributed by atoms with Crippen molar-refractivity contribution in [3.63, 3.8) is 0 Å². The Morgan fingerprint density at radius 2 is 1.68 bits per heavy atom. The molecular formula is C22H16ClN3O2. The molecular weight excluding hydrogens is 374 g/mol. The minimum absolute atomic E-state index is 0.0310. The van der Waals surface area contributed by atoms with E-state index >= 15 is 0 Å². The second kappa shape index (κ2) is 8.85. The van der Waals surface area contributed by atoms with Crippen molar-refractivity contribution in [2.45, 2.75) is 0 Å². The second-order valence-corrected chi connectivity index (χ2v) is 6.41.